The summed E-state index contributed by atoms with van der Waals surface area (Å²) in [7, 11) is -3.61. The number of thiazole rings is 1. The van der Waals surface area contributed by atoms with Gasteiger partial charge >= 0.3 is 0 Å². The molecule has 4 rings (SSSR count). The van der Waals surface area contributed by atoms with Gasteiger partial charge in [0.15, 0.2) is 4.80 Å². The summed E-state index contributed by atoms with van der Waals surface area (Å²) in [4.78, 5) is 17.5. The quantitative estimate of drug-likeness (QED) is 0.675. The first-order valence-electron chi connectivity index (χ1n) is 8.90. The van der Waals surface area contributed by atoms with Crippen LogP contribution in [0.3, 0.4) is 0 Å². The second-order valence-corrected chi connectivity index (χ2v) is 9.23. The lowest BCUT2D eigenvalue weighted by Gasteiger charge is -2.06. The van der Waals surface area contributed by atoms with Crippen molar-refractivity contribution < 1.29 is 13.2 Å². The lowest BCUT2D eigenvalue weighted by molar-refractivity contribution is 0.0997. The number of hydrogen-bond donors (Lipinski definition) is 1. The second-order valence-electron chi connectivity index (χ2n) is 6.64. The summed E-state index contributed by atoms with van der Waals surface area (Å²) in [6.45, 7) is 0.607. The van der Waals surface area contributed by atoms with Gasteiger partial charge in [0, 0.05) is 29.7 Å². The van der Waals surface area contributed by atoms with Gasteiger partial charge in [-0.1, -0.05) is 36.4 Å². The molecule has 1 aromatic heterocycles. The number of sulfonamides is 1. The lowest BCUT2D eigenvalue weighted by Crippen LogP contribution is -2.25. The third-order valence-electron chi connectivity index (χ3n) is 4.34. The van der Waals surface area contributed by atoms with Crippen molar-refractivity contribution in [1.82, 2.24) is 9.29 Å². The number of nitrogens with one attached hydrogen (secondary N) is 1. The van der Waals surface area contributed by atoms with Crippen LogP contribution in [0.4, 0.5) is 0 Å². The molecule has 1 fully saturated rings. The molecule has 1 saturated carbocycles. The molecule has 1 aliphatic carbocycles. The zero-order valence-electron chi connectivity index (χ0n) is 15.0. The predicted molar refractivity (Wildman–Crippen MR) is 108 cm³/mol. The molecule has 0 bridgehead atoms. The molecule has 1 aliphatic rings. The normalized spacial score (nSPS) is 14.9. The maximum atomic E-state index is 12.6. The van der Waals surface area contributed by atoms with Gasteiger partial charge in [0.2, 0.25) is 10.0 Å². The van der Waals surface area contributed by atoms with Gasteiger partial charge in [-0.05, 0) is 36.6 Å². The smallest absolute Gasteiger partial charge is 0.279 e. The maximum absolute atomic E-state index is 12.6. The fourth-order valence-electron chi connectivity index (χ4n) is 2.72. The van der Waals surface area contributed by atoms with Crippen LogP contribution in [-0.2, 0) is 16.6 Å². The van der Waals surface area contributed by atoms with Crippen LogP contribution in [0.1, 0.15) is 28.8 Å². The molecule has 28 heavy (non-hydrogen) atoms. The molecule has 1 heterocycles. The average Bonchev–Trinajstić information content (AvgIpc) is 3.40. The highest BCUT2D eigenvalue weighted by Crippen LogP contribution is 2.22. The summed E-state index contributed by atoms with van der Waals surface area (Å²) in [5.41, 5.74) is 1.35. The Labute approximate surface area is 167 Å². The van der Waals surface area contributed by atoms with Crippen molar-refractivity contribution in [2.75, 3.05) is 0 Å². The van der Waals surface area contributed by atoms with Gasteiger partial charge in [-0.25, -0.2) is 13.1 Å². The Bertz CT molecular complexity index is 1160. The predicted octanol–water partition coefficient (Wildman–Crippen LogP) is 2.78. The maximum Gasteiger partial charge on any atom is 0.279 e. The molecule has 0 unspecified atom stereocenters. The zero-order chi connectivity index (χ0) is 19.6. The van der Waals surface area contributed by atoms with Crippen molar-refractivity contribution >= 4 is 27.3 Å². The van der Waals surface area contributed by atoms with Crippen LogP contribution < -0.4 is 9.52 Å². The van der Waals surface area contributed by atoms with E-state index >= 15 is 0 Å². The van der Waals surface area contributed by atoms with Crippen LogP contribution in [-0.4, -0.2) is 24.9 Å². The summed E-state index contributed by atoms with van der Waals surface area (Å²) in [6, 6.07) is 15.9. The topological polar surface area (TPSA) is 80.5 Å². The lowest BCUT2D eigenvalue weighted by atomic mass is 10.2. The van der Waals surface area contributed by atoms with Crippen molar-refractivity contribution in [1.29, 1.82) is 0 Å². The highest BCUT2D eigenvalue weighted by atomic mass is 32.2. The van der Waals surface area contributed by atoms with Crippen molar-refractivity contribution in [3.63, 3.8) is 0 Å². The highest BCUT2D eigenvalue weighted by Gasteiger charge is 2.28. The van der Waals surface area contributed by atoms with Gasteiger partial charge in [0.25, 0.3) is 5.91 Å². The summed E-state index contributed by atoms with van der Waals surface area (Å²) >= 11 is 1.36. The van der Waals surface area contributed by atoms with Crippen molar-refractivity contribution in [3.8, 4) is 0 Å². The van der Waals surface area contributed by atoms with Gasteiger partial charge in [-0.2, -0.15) is 4.99 Å². The summed E-state index contributed by atoms with van der Waals surface area (Å²) in [6.07, 6.45) is 3.59. The largest absolute Gasteiger partial charge is 0.319 e. The number of amides is 1. The van der Waals surface area contributed by atoms with Crippen LogP contribution in [0, 0.1) is 0 Å². The fraction of sp³-hybridized carbons (Fsp3) is 0.200. The number of hydrogen-bond acceptors (Lipinski definition) is 4. The molecule has 6 nitrogen and oxygen atoms in total. The Morgan fingerprint density at radius 2 is 1.93 bits per heavy atom. The van der Waals surface area contributed by atoms with E-state index in [1.165, 1.54) is 23.5 Å². The van der Waals surface area contributed by atoms with E-state index in [4.69, 9.17) is 0 Å². The van der Waals surface area contributed by atoms with E-state index in [-0.39, 0.29) is 16.5 Å². The SMILES string of the molecule is O=C(N=c1sccn1Cc1ccccc1)c1cccc(S(=O)(=O)NC2CC2)c1. The number of carbonyl (C=O) groups excluding carboxylic acids is 1. The van der Waals surface area contributed by atoms with E-state index in [0.717, 1.165) is 18.4 Å². The number of benzene rings is 2. The molecule has 0 saturated heterocycles. The van der Waals surface area contributed by atoms with Gasteiger partial charge in [-0.15, -0.1) is 11.3 Å². The van der Waals surface area contributed by atoms with E-state index in [1.54, 1.807) is 12.1 Å². The standard InChI is InChI=1S/C20H19N3O3S2/c24-19(16-7-4-8-18(13-16)28(25,26)22-17-9-10-17)21-20-23(11-12-27-20)14-15-5-2-1-3-6-15/h1-8,11-13,17,22H,9-10,14H2. The Balaban J connectivity index is 1.59. The van der Waals surface area contributed by atoms with Gasteiger partial charge in [0.05, 0.1) is 4.90 Å². The van der Waals surface area contributed by atoms with Crippen molar-refractivity contribution in [2.24, 2.45) is 4.99 Å². The number of aromatic nitrogens is 1. The van der Waals surface area contributed by atoms with Gasteiger partial charge in [0.1, 0.15) is 0 Å². The first-order chi connectivity index (χ1) is 13.5. The van der Waals surface area contributed by atoms with Crippen LogP contribution in [0.5, 0.6) is 0 Å². The summed E-state index contributed by atoms with van der Waals surface area (Å²) < 4.78 is 29.3. The van der Waals surface area contributed by atoms with E-state index in [9.17, 15) is 13.2 Å². The monoisotopic (exact) mass is 413 g/mol. The number of rotatable bonds is 6. The number of carbonyl (C=O) groups is 1. The van der Waals surface area contributed by atoms with E-state index in [2.05, 4.69) is 9.71 Å². The Morgan fingerprint density at radius 3 is 2.68 bits per heavy atom. The molecule has 144 valence electrons. The van der Waals surface area contributed by atoms with Gasteiger partial charge in [-0.3, -0.25) is 4.79 Å². The molecule has 0 radical (unpaired) electrons. The molecule has 0 spiro atoms. The minimum absolute atomic E-state index is 0.0112. The first-order valence-corrected chi connectivity index (χ1v) is 11.3. The van der Waals surface area contributed by atoms with Crippen molar-refractivity contribution in [3.05, 3.63) is 82.1 Å². The molecule has 1 amide bonds. The average molecular weight is 414 g/mol. The molecule has 0 atom stereocenters. The van der Waals surface area contributed by atoms with Crippen LogP contribution >= 0.6 is 11.3 Å². The van der Waals surface area contributed by atoms with E-state index < -0.39 is 15.9 Å². The Morgan fingerprint density at radius 1 is 1.14 bits per heavy atom. The van der Waals surface area contributed by atoms with E-state index in [0.29, 0.717) is 11.3 Å². The molecular weight excluding hydrogens is 394 g/mol. The third kappa shape index (κ3) is 4.46. The number of nitrogens with zero attached hydrogens (tertiary/aromatic N) is 2. The van der Waals surface area contributed by atoms with Crippen molar-refractivity contribution in [2.45, 2.75) is 30.3 Å². The van der Waals surface area contributed by atoms with Crippen LogP contribution in [0.15, 0.2) is 76.1 Å². The Kier molecular flexibility index (Phi) is 5.25. The molecule has 8 heteroatoms. The minimum Gasteiger partial charge on any atom is -0.319 e. The fourth-order valence-corrected chi connectivity index (χ4v) is 4.80. The van der Waals surface area contributed by atoms with E-state index in [1.807, 2.05) is 46.5 Å². The molecule has 3 aromatic rings. The zero-order valence-corrected chi connectivity index (χ0v) is 16.6. The first kappa shape index (κ1) is 18.8. The van der Waals surface area contributed by atoms with Crippen LogP contribution in [0.2, 0.25) is 0 Å². The summed E-state index contributed by atoms with van der Waals surface area (Å²) in [5, 5.41) is 1.87. The molecule has 2 aromatic carbocycles. The third-order valence-corrected chi connectivity index (χ3v) is 6.66. The Hall–Kier alpha value is -2.55. The molecule has 0 aliphatic heterocycles. The van der Waals surface area contributed by atoms with Gasteiger partial charge < -0.3 is 4.57 Å². The summed E-state index contributed by atoms with van der Waals surface area (Å²) in [5.74, 6) is -0.465. The highest BCUT2D eigenvalue weighted by molar-refractivity contribution is 7.89. The second kappa shape index (κ2) is 7.83. The molecule has 1 N–H and O–H groups in total. The van der Waals surface area contributed by atoms with Crippen LogP contribution in [0.25, 0.3) is 0 Å². The minimum atomic E-state index is -3.61. The molecular formula is C20H19N3O3S2.